The number of hydrogen-bond donors (Lipinski definition) is 1. The molecule has 146 valence electrons. The van der Waals surface area contributed by atoms with Crippen LogP contribution in [0.2, 0.25) is 0 Å². The lowest BCUT2D eigenvalue weighted by Crippen LogP contribution is -2.41. The monoisotopic (exact) mass is 398 g/mol. The number of rotatable bonds is 7. The zero-order valence-electron chi connectivity index (χ0n) is 15.1. The molecule has 0 aliphatic heterocycles. The van der Waals surface area contributed by atoms with E-state index >= 15 is 0 Å². The summed E-state index contributed by atoms with van der Waals surface area (Å²) in [6.45, 7) is 1.09. The smallest absolute Gasteiger partial charge is 0.241 e. The summed E-state index contributed by atoms with van der Waals surface area (Å²) < 4.78 is 56.7. The summed E-state index contributed by atoms with van der Waals surface area (Å²) in [5.74, 6) is -1.89. The van der Waals surface area contributed by atoms with Crippen molar-refractivity contribution in [2.45, 2.75) is 13.0 Å². The van der Waals surface area contributed by atoms with E-state index in [-0.39, 0.29) is 0 Å². The van der Waals surface area contributed by atoms with Crippen molar-refractivity contribution >= 4 is 21.6 Å². The van der Waals surface area contributed by atoms with Crippen molar-refractivity contribution in [3.05, 3.63) is 59.7 Å². The predicted molar refractivity (Wildman–Crippen MR) is 98.1 cm³/mol. The van der Waals surface area contributed by atoms with Crippen molar-refractivity contribution in [3.63, 3.8) is 0 Å². The Labute approximate surface area is 156 Å². The van der Waals surface area contributed by atoms with E-state index < -0.39 is 45.8 Å². The zero-order valence-corrected chi connectivity index (χ0v) is 15.9. The van der Waals surface area contributed by atoms with Gasteiger partial charge in [0.05, 0.1) is 25.1 Å². The number of hydrogen-bond acceptors (Lipinski definition) is 4. The first-order valence-electron chi connectivity index (χ1n) is 7.98. The first kappa shape index (κ1) is 20.6. The maximum atomic E-state index is 14.0. The minimum Gasteiger partial charge on any atom is -0.497 e. The van der Waals surface area contributed by atoms with Gasteiger partial charge in [-0.05, 0) is 36.8 Å². The fraction of sp³-hybridized carbons (Fsp3) is 0.278. The van der Waals surface area contributed by atoms with Crippen molar-refractivity contribution in [1.29, 1.82) is 0 Å². The lowest BCUT2D eigenvalue weighted by Gasteiger charge is -2.23. The molecule has 0 fully saturated rings. The molecule has 0 bridgehead atoms. The fourth-order valence-corrected chi connectivity index (χ4v) is 3.32. The first-order valence-corrected chi connectivity index (χ1v) is 9.82. The summed E-state index contributed by atoms with van der Waals surface area (Å²) in [5.41, 5.74) is 0.383. The molecule has 2 aromatic carbocycles. The van der Waals surface area contributed by atoms with Crippen molar-refractivity contribution < 1.29 is 26.7 Å². The van der Waals surface area contributed by atoms with Gasteiger partial charge >= 0.3 is 0 Å². The third-order valence-electron chi connectivity index (χ3n) is 3.86. The number of carbonyl (C=O) groups is 1. The van der Waals surface area contributed by atoms with Crippen molar-refractivity contribution in [3.8, 4) is 5.75 Å². The molecule has 1 atom stereocenters. The molecule has 0 aliphatic rings. The van der Waals surface area contributed by atoms with E-state index in [0.717, 1.165) is 24.0 Å². The third kappa shape index (κ3) is 5.40. The Bertz CT molecular complexity index is 917. The molecule has 9 heteroatoms. The number of methoxy groups -OCH3 is 1. The Hall–Kier alpha value is -2.68. The summed E-state index contributed by atoms with van der Waals surface area (Å²) in [6.07, 6.45) is 0.843. The number of sulfonamides is 1. The van der Waals surface area contributed by atoms with Crippen LogP contribution >= 0.6 is 0 Å². The van der Waals surface area contributed by atoms with Crippen LogP contribution < -0.4 is 14.4 Å². The second-order valence-corrected chi connectivity index (χ2v) is 7.83. The second-order valence-electron chi connectivity index (χ2n) is 5.93. The number of nitrogens with zero attached hydrogens (tertiary/aromatic N) is 1. The SMILES string of the molecule is COc1ccc(C(C)NC(=O)CN(c2ccc(F)cc2F)S(C)(=O)=O)cc1. The van der Waals surface area contributed by atoms with Gasteiger partial charge in [-0.25, -0.2) is 17.2 Å². The molecule has 1 N–H and O–H groups in total. The Balaban J connectivity index is 2.16. The summed E-state index contributed by atoms with van der Waals surface area (Å²) in [4.78, 5) is 12.3. The Morgan fingerprint density at radius 1 is 1.19 bits per heavy atom. The molecule has 0 aliphatic carbocycles. The largest absolute Gasteiger partial charge is 0.497 e. The van der Waals surface area contributed by atoms with E-state index in [4.69, 9.17) is 4.74 Å². The first-order chi connectivity index (χ1) is 12.6. The predicted octanol–water partition coefficient (Wildman–Crippen LogP) is 2.62. The highest BCUT2D eigenvalue weighted by atomic mass is 32.2. The highest BCUT2D eigenvalue weighted by Gasteiger charge is 2.24. The maximum Gasteiger partial charge on any atom is 0.241 e. The van der Waals surface area contributed by atoms with Gasteiger partial charge in [-0.15, -0.1) is 0 Å². The summed E-state index contributed by atoms with van der Waals surface area (Å²) in [7, 11) is -2.43. The van der Waals surface area contributed by atoms with Crippen LogP contribution in [0.15, 0.2) is 42.5 Å². The van der Waals surface area contributed by atoms with Gasteiger partial charge in [0.25, 0.3) is 0 Å². The average Bonchev–Trinajstić information content (AvgIpc) is 2.59. The highest BCUT2D eigenvalue weighted by molar-refractivity contribution is 7.92. The molecule has 0 spiro atoms. The Kier molecular flexibility index (Phi) is 6.37. The molecular weight excluding hydrogens is 378 g/mol. The number of carbonyl (C=O) groups excluding carboxylic acids is 1. The highest BCUT2D eigenvalue weighted by Crippen LogP contribution is 2.23. The van der Waals surface area contributed by atoms with E-state index in [1.54, 1.807) is 31.2 Å². The zero-order chi connectivity index (χ0) is 20.2. The number of amides is 1. The molecule has 6 nitrogen and oxygen atoms in total. The van der Waals surface area contributed by atoms with Crippen LogP contribution in [-0.4, -0.2) is 34.2 Å². The minimum atomic E-state index is -3.96. The molecular formula is C18H20F2N2O4S. The number of benzene rings is 2. The van der Waals surface area contributed by atoms with Crippen LogP contribution in [-0.2, 0) is 14.8 Å². The molecule has 2 rings (SSSR count). The normalized spacial score (nSPS) is 12.3. The molecule has 1 amide bonds. The van der Waals surface area contributed by atoms with Crippen molar-refractivity contribution in [2.75, 3.05) is 24.2 Å². The van der Waals surface area contributed by atoms with Crippen molar-refractivity contribution in [1.82, 2.24) is 5.32 Å². The number of halogens is 2. The van der Waals surface area contributed by atoms with Gasteiger partial charge in [0.15, 0.2) is 0 Å². The van der Waals surface area contributed by atoms with Gasteiger partial charge in [-0.2, -0.15) is 0 Å². The van der Waals surface area contributed by atoms with Gasteiger partial charge in [-0.1, -0.05) is 12.1 Å². The standard InChI is InChI=1S/C18H20F2N2O4S/c1-12(13-4-7-15(26-2)8-5-13)21-18(23)11-22(27(3,24)25)17-9-6-14(19)10-16(17)20/h4-10,12H,11H2,1-3H3,(H,21,23). The van der Waals surface area contributed by atoms with Gasteiger partial charge in [-0.3, -0.25) is 9.10 Å². The van der Waals surface area contributed by atoms with E-state index in [9.17, 15) is 22.0 Å². The third-order valence-corrected chi connectivity index (χ3v) is 4.99. The number of anilines is 1. The molecule has 0 saturated heterocycles. The van der Waals surface area contributed by atoms with Crippen LogP contribution in [0.5, 0.6) is 5.75 Å². The average molecular weight is 398 g/mol. The van der Waals surface area contributed by atoms with E-state index in [1.165, 1.54) is 7.11 Å². The van der Waals surface area contributed by atoms with Gasteiger partial charge in [0, 0.05) is 6.07 Å². The summed E-state index contributed by atoms with van der Waals surface area (Å²) >= 11 is 0. The van der Waals surface area contributed by atoms with Gasteiger partial charge in [0.1, 0.15) is 23.9 Å². The second kappa shape index (κ2) is 8.34. The van der Waals surface area contributed by atoms with Crippen LogP contribution in [0.25, 0.3) is 0 Å². The van der Waals surface area contributed by atoms with Crippen LogP contribution in [0, 0.1) is 11.6 Å². The van der Waals surface area contributed by atoms with E-state index in [0.29, 0.717) is 16.1 Å². The maximum absolute atomic E-state index is 14.0. The number of nitrogens with one attached hydrogen (secondary N) is 1. The quantitative estimate of drug-likeness (QED) is 0.778. The lowest BCUT2D eigenvalue weighted by atomic mass is 10.1. The molecule has 0 saturated carbocycles. The van der Waals surface area contributed by atoms with Crippen LogP contribution in [0.1, 0.15) is 18.5 Å². The summed E-state index contributed by atoms with van der Waals surface area (Å²) in [5, 5.41) is 2.65. The van der Waals surface area contributed by atoms with Gasteiger partial charge in [0.2, 0.25) is 15.9 Å². The fourth-order valence-electron chi connectivity index (χ4n) is 2.46. The topological polar surface area (TPSA) is 75.7 Å². The molecule has 27 heavy (non-hydrogen) atoms. The van der Waals surface area contributed by atoms with Crippen LogP contribution in [0.4, 0.5) is 14.5 Å². The number of ether oxygens (including phenoxy) is 1. The lowest BCUT2D eigenvalue weighted by molar-refractivity contribution is -0.120. The molecule has 0 aromatic heterocycles. The van der Waals surface area contributed by atoms with Gasteiger partial charge < -0.3 is 10.1 Å². The van der Waals surface area contributed by atoms with E-state index in [2.05, 4.69) is 5.32 Å². The molecule has 2 aromatic rings. The Morgan fingerprint density at radius 2 is 1.81 bits per heavy atom. The molecule has 1 unspecified atom stereocenters. The summed E-state index contributed by atoms with van der Waals surface area (Å²) in [6, 6.07) is 9.04. The van der Waals surface area contributed by atoms with Crippen molar-refractivity contribution in [2.24, 2.45) is 0 Å². The molecule has 0 heterocycles. The molecule has 0 radical (unpaired) electrons. The Morgan fingerprint density at radius 3 is 2.33 bits per heavy atom. The minimum absolute atomic E-state index is 0.397. The van der Waals surface area contributed by atoms with E-state index in [1.807, 2.05) is 0 Å². The van der Waals surface area contributed by atoms with Crippen LogP contribution in [0.3, 0.4) is 0 Å².